The Kier molecular flexibility index (Phi) is 6.22. The zero-order chi connectivity index (χ0) is 18.5. The first kappa shape index (κ1) is 18.8. The molecule has 2 heterocycles. The van der Waals surface area contributed by atoms with Crippen LogP contribution in [0.15, 0.2) is 41.0 Å². The average Bonchev–Trinajstić information content (AvgIpc) is 3.16. The number of nitrogens with one attached hydrogen (secondary N) is 1. The fraction of sp³-hybridized carbons (Fsp3) is 0.450. The third-order valence-corrected chi connectivity index (χ3v) is 5.29. The van der Waals surface area contributed by atoms with Crippen LogP contribution in [0.1, 0.15) is 31.1 Å². The highest BCUT2D eigenvalue weighted by Gasteiger charge is 2.28. The number of anilines is 1. The van der Waals surface area contributed by atoms with Crippen molar-refractivity contribution >= 4 is 23.3 Å². The molecule has 3 rings (SSSR count). The standard InChI is InChI=1S/C20H26ClN3O2/c1-3-23-10-8-17(9-11-23)24(14-18-5-4-12-26-18)20(25)22-19-13-16(21)7-6-15(19)2/h4-7,12-13,17H,3,8-11,14H2,1-2H3,(H,22,25). The van der Waals surface area contributed by atoms with Gasteiger partial charge in [0.2, 0.25) is 0 Å². The summed E-state index contributed by atoms with van der Waals surface area (Å²) in [6.45, 7) is 7.69. The number of amides is 2. The van der Waals surface area contributed by atoms with Gasteiger partial charge in [0.1, 0.15) is 5.76 Å². The van der Waals surface area contributed by atoms with E-state index in [1.54, 1.807) is 12.3 Å². The Balaban J connectivity index is 1.75. The SMILES string of the molecule is CCN1CCC(N(Cc2ccco2)C(=O)Nc2cc(Cl)ccc2C)CC1. The van der Waals surface area contributed by atoms with Crippen molar-refractivity contribution in [3.8, 4) is 0 Å². The molecule has 2 amide bonds. The van der Waals surface area contributed by atoms with Crippen LogP contribution < -0.4 is 5.32 Å². The topological polar surface area (TPSA) is 48.7 Å². The number of halogens is 1. The van der Waals surface area contributed by atoms with E-state index < -0.39 is 0 Å². The summed E-state index contributed by atoms with van der Waals surface area (Å²) >= 11 is 6.09. The number of likely N-dealkylation sites (tertiary alicyclic amines) is 1. The van der Waals surface area contributed by atoms with Crippen molar-refractivity contribution in [2.24, 2.45) is 0 Å². The molecule has 26 heavy (non-hydrogen) atoms. The number of hydrogen-bond donors (Lipinski definition) is 1. The van der Waals surface area contributed by atoms with Gasteiger partial charge in [-0.25, -0.2) is 4.79 Å². The van der Waals surface area contributed by atoms with Crippen molar-refractivity contribution in [2.45, 2.75) is 39.3 Å². The summed E-state index contributed by atoms with van der Waals surface area (Å²) in [5.74, 6) is 0.792. The third kappa shape index (κ3) is 4.59. The number of urea groups is 1. The van der Waals surface area contributed by atoms with E-state index in [-0.39, 0.29) is 12.1 Å². The van der Waals surface area contributed by atoms with Crippen LogP contribution in [-0.2, 0) is 6.54 Å². The Morgan fingerprint density at radius 3 is 2.77 bits per heavy atom. The first-order chi connectivity index (χ1) is 12.6. The van der Waals surface area contributed by atoms with E-state index in [0.717, 1.165) is 49.5 Å². The molecule has 1 aromatic carbocycles. The first-order valence-corrected chi connectivity index (χ1v) is 9.53. The van der Waals surface area contributed by atoms with Crippen molar-refractivity contribution in [1.29, 1.82) is 0 Å². The molecule has 5 nitrogen and oxygen atoms in total. The van der Waals surface area contributed by atoms with Gasteiger partial charge in [-0.3, -0.25) is 0 Å². The number of nitrogens with zero attached hydrogens (tertiary/aromatic N) is 2. The molecule has 1 aliphatic heterocycles. The van der Waals surface area contributed by atoms with Gasteiger partial charge in [0.15, 0.2) is 0 Å². The molecule has 0 spiro atoms. The lowest BCUT2D eigenvalue weighted by molar-refractivity contribution is 0.121. The molecule has 0 bridgehead atoms. The van der Waals surface area contributed by atoms with E-state index >= 15 is 0 Å². The predicted molar refractivity (Wildman–Crippen MR) is 105 cm³/mol. The summed E-state index contributed by atoms with van der Waals surface area (Å²) in [5, 5.41) is 3.64. The first-order valence-electron chi connectivity index (χ1n) is 9.15. The highest BCUT2D eigenvalue weighted by atomic mass is 35.5. The quantitative estimate of drug-likeness (QED) is 0.819. The molecule has 0 saturated carbocycles. The molecule has 6 heteroatoms. The molecule has 1 saturated heterocycles. The van der Waals surface area contributed by atoms with Crippen LogP contribution in [-0.4, -0.2) is 41.5 Å². The maximum absolute atomic E-state index is 13.1. The van der Waals surface area contributed by atoms with Crippen molar-refractivity contribution in [3.63, 3.8) is 0 Å². The molecule has 0 unspecified atom stereocenters. The maximum Gasteiger partial charge on any atom is 0.322 e. The van der Waals surface area contributed by atoms with Gasteiger partial charge in [-0.05, 0) is 56.1 Å². The van der Waals surface area contributed by atoms with Gasteiger partial charge < -0.3 is 19.5 Å². The molecule has 0 radical (unpaired) electrons. The Hall–Kier alpha value is -1.98. The fourth-order valence-corrected chi connectivity index (χ4v) is 3.57. The van der Waals surface area contributed by atoms with Crippen LogP contribution in [0.4, 0.5) is 10.5 Å². The van der Waals surface area contributed by atoms with Gasteiger partial charge in [0.05, 0.1) is 12.8 Å². The maximum atomic E-state index is 13.1. The molecule has 0 atom stereocenters. The second-order valence-electron chi connectivity index (χ2n) is 6.76. The largest absolute Gasteiger partial charge is 0.467 e. The van der Waals surface area contributed by atoms with E-state index in [1.165, 1.54) is 0 Å². The lowest BCUT2D eigenvalue weighted by Crippen LogP contribution is -2.48. The van der Waals surface area contributed by atoms with E-state index in [2.05, 4.69) is 17.1 Å². The van der Waals surface area contributed by atoms with Crippen LogP contribution in [0, 0.1) is 6.92 Å². The smallest absolute Gasteiger partial charge is 0.322 e. The second kappa shape index (κ2) is 8.60. The highest BCUT2D eigenvalue weighted by molar-refractivity contribution is 6.31. The lowest BCUT2D eigenvalue weighted by Gasteiger charge is -2.38. The number of benzene rings is 1. The van der Waals surface area contributed by atoms with Crippen molar-refractivity contribution in [3.05, 3.63) is 52.9 Å². The number of piperidine rings is 1. The summed E-state index contributed by atoms with van der Waals surface area (Å²) in [7, 11) is 0. The van der Waals surface area contributed by atoms with Crippen LogP contribution in [0.2, 0.25) is 5.02 Å². The normalized spacial score (nSPS) is 15.8. The summed E-state index contributed by atoms with van der Waals surface area (Å²) in [4.78, 5) is 17.4. The molecule has 140 valence electrons. The number of carbonyl (C=O) groups is 1. The molecular weight excluding hydrogens is 350 g/mol. The molecule has 1 fully saturated rings. The number of carbonyl (C=O) groups excluding carboxylic acids is 1. The minimum atomic E-state index is -0.110. The Morgan fingerprint density at radius 2 is 2.12 bits per heavy atom. The highest BCUT2D eigenvalue weighted by Crippen LogP contribution is 2.24. The zero-order valence-electron chi connectivity index (χ0n) is 15.4. The van der Waals surface area contributed by atoms with Crippen LogP contribution in [0.25, 0.3) is 0 Å². The van der Waals surface area contributed by atoms with Crippen molar-refractivity contribution in [1.82, 2.24) is 9.80 Å². The van der Waals surface area contributed by atoms with Gasteiger partial charge >= 0.3 is 6.03 Å². The molecule has 1 N–H and O–H groups in total. The summed E-state index contributed by atoms with van der Waals surface area (Å²) in [6, 6.07) is 9.38. The van der Waals surface area contributed by atoms with E-state index in [1.807, 2.05) is 36.1 Å². The Morgan fingerprint density at radius 1 is 1.35 bits per heavy atom. The number of hydrogen-bond acceptors (Lipinski definition) is 3. The Labute approximate surface area is 159 Å². The fourth-order valence-electron chi connectivity index (χ4n) is 3.40. The van der Waals surface area contributed by atoms with Crippen LogP contribution in [0.3, 0.4) is 0 Å². The van der Waals surface area contributed by atoms with Gasteiger partial charge in [0.25, 0.3) is 0 Å². The molecule has 2 aromatic rings. The molecule has 0 aliphatic carbocycles. The van der Waals surface area contributed by atoms with E-state index in [0.29, 0.717) is 11.6 Å². The van der Waals surface area contributed by atoms with Crippen LogP contribution in [0.5, 0.6) is 0 Å². The minimum absolute atomic E-state index is 0.110. The second-order valence-corrected chi connectivity index (χ2v) is 7.20. The summed E-state index contributed by atoms with van der Waals surface area (Å²) < 4.78 is 5.49. The van der Waals surface area contributed by atoms with Gasteiger partial charge in [-0.1, -0.05) is 24.6 Å². The number of aryl methyl sites for hydroxylation is 1. The molecular formula is C20H26ClN3O2. The Bertz CT molecular complexity index is 725. The number of furan rings is 1. The van der Waals surface area contributed by atoms with Gasteiger partial charge in [0, 0.05) is 29.8 Å². The van der Waals surface area contributed by atoms with E-state index in [9.17, 15) is 4.79 Å². The lowest BCUT2D eigenvalue weighted by atomic mass is 10.0. The monoisotopic (exact) mass is 375 g/mol. The van der Waals surface area contributed by atoms with Crippen molar-refractivity contribution in [2.75, 3.05) is 25.0 Å². The summed E-state index contributed by atoms with van der Waals surface area (Å²) in [6.07, 6.45) is 3.58. The zero-order valence-corrected chi connectivity index (χ0v) is 16.1. The predicted octanol–water partition coefficient (Wildman–Crippen LogP) is 4.76. The average molecular weight is 376 g/mol. The van der Waals surface area contributed by atoms with Crippen molar-refractivity contribution < 1.29 is 9.21 Å². The molecule has 1 aromatic heterocycles. The van der Waals surface area contributed by atoms with Gasteiger partial charge in [-0.15, -0.1) is 0 Å². The third-order valence-electron chi connectivity index (χ3n) is 5.05. The van der Waals surface area contributed by atoms with Gasteiger partial charge in [-0.2, -0.15) is 0 Å². The molecule has 1 aliphatic rings. The number of rotatable bonds is 5. The minimum Gasteiger partial charge on any atom is -0.467 e. The van der Waals surface area contributed by atoms with Crippen LogP contribution >= 0.6 is 11.6 Å². The summed E-state index contributed by atoms with van der Waals surface area (Å²) in [5.41, 5.74) is 1.74. The van der Waals surface area contributed by atoms with E-state index in [4.69, 9.17) is 16.0 Å².